The van der Waals surface area contributed by atoms with Crippen molar-refractivity contribution in [3.05, 3.63) is 71.9 Å². The van der Waals surface area contributed by atoms with E-state index >= 15 is 0 Å². The molecular weight excluding hydrogens is 541 g/mol. The van der Waals surface area contributed by atoms with Gasteiger partial charge in [-0.05, 0) is 50.5 Å². The third-order valence-electron chi connectivity index (χ3n) is 5.96. The molecule has 0 spiro atoms. The second-order valence-corrected chi connectivity index (χ2v) is 10.6. The molecule has 0 saturated carbocycles. The van der Waals surface area contributed by atoms with Crippen LogP contribution in [0.2, 0.25) is 0 Å². The molecule has 13 heteroatoms. The lowest BCUT2D eigenvalue weighted by Gasteiger charge is -2.14. The number of nitrogens with two attached hydrogens (primary N) is 1. The van der Waals surface area contributed by atoms with E-state index in [1.807, 2.05) is 70.1 Å². The largest absolute Gasteiger partial charge is 0.492 e. The van der Waals surface area contributed by atoms with Crippen molar-refractivity contribution < 1.29 is 18.7 Å². The predicted octanol–water partition coefficient (Wildman–Crippen LogP) is 4.93. The SMILES string of the molecule is CN(C)CCOc1ccc(-n2nc(C(C)(C)C)cc2NC(=O)Nc2ccc(Oc3ncnc(N)c3C#N)cc2F)cc1. The third-order valence-corrected chi connectivity index (χ3v) is 5.96. The van der Waals surface area contributed by atoms with Crippen LogP contribution in [0, 0.1) is 17.1 Å². The van der Waals surface area contributed by atoms with Crippen LogP contribution in [0.5, 0.6) is 17.4 Å². The molecule has 0 unspecified atom stereocenters. The molecule has 0 aliphatic heterocycles. The summed E-state index contributed by atoms with van der Waals surface area (Å²) in [5, 5.41) is 19.2. The molecule has 0 saturated heterocycles. The summed E-state index contributed by atoms with van der Waals surface area (Å²) < 4.78 is 27.8. The normalized spacial score (nSPS) is 11.2. The molecule has 2 aromatic heterocycles. The van der Waals surface area contributed by atoms with Crippen molar-refractivity contribution in [2.45, 2.75) is 26.2 Å². The molecule has 4 rings (SSSR count). The maximum absolute atomic E-state index is 14.9. The number of nitrogens with zero attached hydrogens (tertiary/aromatic N) is 6. The Morgan fingerprint density at radius 3 is 2.45 bits per heavy atom. The Hall–Kier alpha value is -5.22. The fraction of sp³-hybridized carbons (Fsp3) is 0.276. The molecule has 12 nitrogen and oxygen atoms in total. The van der Waals surface area contributed by atoms with E-state index < -0.39 is 11.8 Å². The number of benzene rings is 2. The number of nitrogens with one attached hydrogen (secondary N) is 2. The van der Waals surface area contributed by atoms with Gasteiger partial charge in [0.05, 0.1) is 17.1 Å². The second kappa shape index (κ2) is 12.5. The molecule has 0 fully saturated rings. The molecule has 2 heterocycles. The van der Waals surface area contributed by atoms with Crippen LogP contribution in [0.1, 0.15) is 32.0 Å². The lowest BCUT2D eigenvalue weighted by molar-refractivity contribution is 0.261. The number of aromatic nitrogens is 4. The second-order valence-electron chi connectivity index (χ2n) is 10.6. The summed E-state index contributed by atoms with van der Waals surface area (Å²) in [7, 11) is 3.95. The maximum Gasteiger partial charge on any atom is 0.324 e. The minimum Gasteiger partial charge on any atom is -0.492 e. The number of carbonyl (C=O) groups is 1. The van der Waals surface area contributed by atoms with E-state index in [1.54, 1.807) is 10.7 Å². The van der Waals surface area contributed by atoms with Crippen molar-refractivity contribution in [2.75, 3.05) is 43.6 Å². The van der Waals surface area contributed by atoms with Crippen molar-refractivity contribution in [1.82, 2.24) is 24.6 Å². The fourth-order valence-electron chi connectivity index (χ4n) is 3.67. The van der Waals surface area contributed by atoms with Gasteiger partial charge in [0.1, 0.15) is 48.0 Å². The van der Waals surface area contributed by atoms with Crippen molar-refractivity contribution in [2.24, 2.45) is 0 Å². The summed E-state index contributed by atoms with van der Waals surface area (Å²) in [4.78, 5) is 22.6. The van der Waals surface area contributed by atoms with E-state index in [0.717, 1.165) is 24.6 Å². The van der Waals surface area contributed by atoms with Gasteiger partial charge in [0.25, 0.3) is 0 Å². The maximum atomic E-state index is 14.9. The highest BCUT2D eigenvalue weighted by atomic mass is 19.1. The molecule has 0 atom stereocenters. The monoisotopic (exact) mass is 573 g/mol. The van der Waals surface area contributed by atoms with E-state index in [2.05, 4.69) is 20.6 Å². The average molecular weight is 574 g/mol. The molecule has 218 valence electrons. The Balaban J connectivity index is 1.50. The zero-order valence-electron chi connectivity index (χ0n) is 24.0. The number of carbonyl (C=O) groups excluding carboxylic acids is 1. The van der Waals surface area contributed by atoms with E-state index in [0.29, 0.717) is 23.9 Å². The van der Waals surface area contributed by atoms with Crippen LogP contribution in [0.4, 0.5) is 26.5 Å². The number of amides is 2. The summed E-state index contributed by atoms with van der Waals surface area (Å²) in [6.07, 6.45) is 1.13. The van der Waals surface area contributed by atoms with Crippen LogP contribution in [0.25, 0.3) is 5.69 Å². The highest BCUT2D eigenvalue weighted by molar-refractivity contribution is 5.99. The fourth-order valence-corrected chi connectivity index (χ4v) is 3.67. The van der Waals surface area contributed by atoms with E-state index in [9.17, 15) is 14.4 Å². The standard InChI is InChI=1S/C29H32FN9O3/c1-29(2,3)24-15-25(39(37-24)18-6-8-19(9-7-18)41-13-12-38(4)5)36-28(40)35-23-11-10-20(14-22(23)30)42-27-21(16-31)26(32)33-17-34-27/h6-11,14-15,17H,12-13H2,1-5H3,(H2,32,33,34)(H2,35,36,40). The van der Waals surface area contributed by atoms with Gasteiger partial charge in [-0.15, -0.1) is 0 Å². The molecule has 0 aliphatic carbocycles. The smallest absolute Gasteiger partial charge is 0.324 e. The van der Waals surface area contributed by atoms with E-state index in [1.165, 1.54) is 12.1 Å². The first-order valence-electron chi connectivity index (χ1n) is 13.0. The first-order valence-corrected chi connectivity index (χ1v) is 13.0. The molecular formula is C29H32FN9O3. The topological polar surface area (TPSA) is 156 Å². The van der Waals surface area contributed by atoms with Crippen molar-refractivity contribution in [1.29, 1.82) is 5.26 Å². The molecule has 4 aromatic rings. The van der Waals surface area contributed by atoms with Gasteiger partial charge in [-0.3, -0.25) is 5.32 Å². The molecule has 0 aliphatic rings. The Morgan fingerprint density at radius 1 is 1.10 bits per heavy atom. The first-order chi connectivity index (χ1) is 19.9. The van der Waals surface area contributed by atoms with Crippen LogP contribution in [0.15, 0.2) is 54.9 Å². The molecule has 2 aromatic carbocycles. The Morgan fingerprint density at radius 2 is 1.81 bits per heavy atom. The minimum absolute atomic E-state index is 0.0510. The summed E-state index contributed by atoms with van der Waals surface area (Å²) >= 11 is 0. The summed E-state index contributed by atoms with van der Waals surface area (Å²) in [6.45, 7) is 7.38. The van der Waals surface area contributed by atoms with Gasteiger partial charge >= 0.3 is 6.03 Å². The minimum atomic E-state index is -0.767. The number of ether oxygens (including phenoxy) is 2. The number of likely N-dealkylation sites (N-methyl/N-ethyl adjacent to an activating group) is 1. The Bertz CT molecular complexity index is 1610. The zero-order valence-corrected chi connectivity index (χ0v) is 24.0. The van der Waals surface area contributed by atoms with Crippen molar-refractivity contribution >= 4 is 23.4 Å². The van der Waals surface area contributed by atoms with Gasteiger partial charge in [-0.25, -0.2) is 23.8 Å². The molecule has 4 N–H and O–H groups in total. The van der Waals surface area contributed by atoms with Crippen molar-refractivity contribution in [3.8, 4) is 29.1 Å². The summed E-state index contributed by atoms with van der Waals surface area (Å²) in [5.41, 5.74) is 6.66. The van der Waals surface area contributed by atoms with Gasteiger partial charge in [0, 0.05) is 24.1 Å². The molecule has 0 radical (unpaired) electrons. The van der Waals surface area contributed by atoms with Gasteiger partial charge in [0.15, 0.2) is 5.56 Å². The van der Waals surface area contributed by atoms with Gasteiger partial charge in [-0.1, -0.05) is 20.8 Å². The number of hydrogen-bond acceptors (Lipinski definition) is 9. The van der Waals surface area contributed by atoms with Crippen molar-refractivity contribution in [3.63, 3.8) is 0 Å². The molecule has 42 heavy (non-hydrogen) atoms. The lowest BCUT2D eigenvalue weighted by Crippen LogP contribution is -2.22. The van der Waals surface area contributed by atoms with Gasteiger partial charge in [-0.2, -0.15) is 10.4 Å². The Kier molecular flexibility index (Phi) is 8.87. The van der Waals surface area contributed by atoms with Crippen LogP contribution in [0.3, 0.4) is 0 Å². The lowest BCUT2D eigenvalue weighted by atomic mass is 9.92. The number of nitrogen functional groups attached to an aromatic ring is 1. The first kappa shape index (κ1) is 29.8. The predicted molar refractivity (Wildman–Crippen MR) is 157 cm³/mol. The van der Waals surface area contributed by atoms with Crippen LogP contribution in [-0.2, 0) is 5.41 Å². The Labute approximate surface area is 242 Å². The molecule has 0 bridgehead atoms. The number of rotatable bonds is 9. The number of nitriles is 1. The zero-order chi connectivity index (χ0) is 30.4. The third kappa shape index (κ3) is 7.29. The number of urea groups is 1. The highest BCUT2D eigenvalue weighted by Gasteiger charge is 2.22. The summed E-state index contributed by atoms with van der Waals surface area (Å²) in [5.74, 6) is 0.220. The van der Waals surface area contributed by atoms with Gasteiger partial charge in [0.2, 0.25) is 5.88 Å². The average Bonchev–Trinajstić information content (AvgIpc) is 3.35. The van der Waals surface area contributed by atoms with Crippen LogP contribution < -0.4 is 25.8 Å². The number of anilines is 3. The van der Waals surface area contributed by atoms with Crippen LogP contribution >= 0.6 is 0 Å². The number of halogens is 1. The highest BCUT2D eigenvalue weighted by Crippen LogP contribution is 2.29. The number of hydrogen-bond donors (Lipinski definition) is 3. The molecule has 2 amide bonds. The quantitative estimate of drug-likeness (QED) is 0.253. The van der Waals surface area contributed by atoms with Crippen LogP contribution in [-0.4, -0.2) is 57.9 Å². The van der Waals surface area contributed by atoms with E-state index in [-0.39, 0.29) is 34.1 Å². The summed E-state index contributed by atoms with van der Waals surface area (Å²) in [6, 6.07) is 14.1. The van der Waals surface area contributed by atoms with Gasteiger partial charge < -0.3 is 25.4 Å². The van der Waals surface area contributed by atoms with E-state index in [4.69, 9.17) is 20.3 Å².